The predicted molar refractivity (Wildman–Crippen MR) is 189 cm³/mol. The second kappa shape index (κ2) is 14.1. The zero-order chi connectivity index (χ0) is 33.0. The van der Waals surface area contributed by atoms with Crippen molar-refractivity contribution in [2.75, 3.05) is 23.7 Å². The Morgan fingerprint density at radius 1 is 0.936 bits per heavy atom. The molecule has 2 N–H and O–H groups in total. The zero-order valence-corrected chi connectivity index (χ0v) is 28.5. The van der Waals surface area contributed by atoms with Crippen molar-refractivity contribution >= 4 is 54.2 Å². The highest BCUT2D eigenvalue weighted by Gasteiger charge is 2.22. The summed E-state index contributed by atoms with van der Waals surface area (Å²) in [6.07, 6.45) is 6.28. The van der Waals surface area contributed by atoms with Gasteiger partial charge in [0.25, 0.3) is 5.91 Å². The van der Waals surface area contributed by atoms with Crippen LogP contribution in [0.1, 0.15) is 55.9 Å². The van der Waals surface area contributed by atoms with Crippen LogP contribution in [-0.2, 0) is 35.8 Å². The van der Waals surface area contributed by atoms with Crippen molar-refractivity contribution in [3.05, 3.63) is 129 Å². The van der Waals surface area contributed by atoms with Crippen molar-refractivity contribution in [1.82, 2.24) is 10.3 Å². The number of ether oxygens (including phenoxy) is 1. The molecule has 4 aromatic carbocycles. The van der Waals surface area contributed by atoms with E-state index in [0.717, 1.165) is 41.5 Å². The first-order valence-electron chi connectivity index (χ1n) is 15.6. The number of aromatic nitrogens is 1. The van der Waals surface area contributed by atoms with Gasteiger partial charge in [0, 0.05) is 44.7 Å². The number of halogens is 1. The highest BCUT2D eigenvalue weighted by Crippen LogP contribution is 2.32. The van der Waals surface area contributed by atoms with Crippen LogP contribution in [0.3, 0.4) is 0 Å². The number of aromatic amines is 1. The number of sulfonamides is 1. The summed E-state index contributed by atoms with van der Waals surface area (Å²) in [4.78, 5) is 30.0. The summed E-state index contributed by atoms with van der Waals surface area (Å²) in [6.45, 7) is 0.245. The fraction of sp³-hybridized carbons (Fsp3) is 0.243. The number of aryl methyl sites for hydroxylation is 2. The van der Waals surface area contributed by atoms with E-state index in [2.05, 4.69) is 32.3 Å². The molecule has 1 aliphatic rings. The first-order valence-corrected chi connectivity index (χ1v) is 18.3. The molecule has 0 saturated heterocycles. The van der Waals surface area contributed by atoms with E-state index in [9.17, 15) is 18.0 Å². The molecule has 0 fully saturated rings. The maximum Gasteiger partial charge on any atom is 0.251 e. The third-order valence-electron chi connectivity index (χ3n) is 8.49. The maximum atomic E-state index is 13.2. The van der Waals surface area contributed by atoms with Crippen LogP contribution in [0.2, 0.25) is 0 Å². The summed E-state index contributed by atoms with van der Waals surface area (Å²) < 4.78 is 33.4. The van der Waals surface area contributed by atoms with Gasteiger partial charge in [0.05, 0.1) is 31.6 Å². The van der Waals surface area contributed by atoms with Crippen molar-refractivity contribution < 1.29 is 22.7 Å². The fourth-order valence-electron chi connectivity index (χ4n) is 6.09. The number of benzene rings is 4. The highest BCUT2D eigenvalue weighted by molar-refractivity contribution is 9.10. The Bertz CT molecular complexity index is 2040. The minimum absolute atomic E-state index is 0.107. The number of H-pyrrole nitrogens is 1. The third-order valence-corrected chi connectivity index (χ3v) is 10.3. The number of carbonyl (C=O) groups is 2. The Morgan fingerprint density at radius 3 is 2.51 bits per heavy atom. The van der Waals surface area contributed by atoms with Gasteiger partial charge in [-0.2, -0.15) is 0 Å². The molecule has 0 spiro atoms. The molecular formula is C37H36BrN3O5S. The van der Waals surface area contributed by atoms with E-state index < -0.39 is 10.0 Å². The molecule has 1 heterocycles. The van der Waals surface area contributed by atoms with E-state index in [1.165, 1.54) is 39.9 Å². The minimum atomic E-state index is -3.67. The number of nitrogens with one attached hydrogen (secondary N) is 2. The van der Waals surface area contributed by atoms with Gasteiger partial charge in [-0.3, -0.25) is 13.9 Å². The number of nitrogens with zero attached hydrogens (tertiary/aromatic N) is 1. The number of amides is 1. The Labute approximate surface area is 283 Å². The average molecular weight is 715 g/mol. The number of anilines is 1. The number of carbonyl (C=O) groups excluding carboxylic acids is 2. The number of hydrogen-bond donors (Lipinski definition) is 2. The number of hydrogen-bond acceptors (Lipinski definition) is 5. The molecule has 6 rings (SSSR count). The fourth-order valence-corrected chi connectivity index (χ4v) is 7.56. The molecule has 10 heteroatoms. The van der Waals surface area contributed by atoms with Crippen molar-refractivity contribution in [3.63, 3.8) is 0 Å². The van der Waals surface area contributed by atoms with E-state index in [4.69, 9.17) is 4.74 Å². The molecule has 0 bridgehead atoms. The summed E-state index contributed by atoms with van der Waals surface area (Å²) in [5.41, 5.74) is 6.57. The molecule has 1 aliphatic carbocycles. The lowest BCUT2D eigenvalue weighted by atomic mass is 9.96. The zero-order valence-electron chi connectivity index (χ0n) is 26.1. The van der Waals surface area contributed by atoms with E-state index in [-0.39, 0.29) is 30.3 Å². The lowest BCUT2D eigenvalue weighted by Gasteiger charge is -2.24. The van der Waals surface area contributed by atoms with Crippen molar-refractivity contribution in [2.45, 2.75) is 38.6 Å². The molecule has 0 radical (unpaired) electrons. The molecule has 0 saturated carbocycles. The van der Waals surface area contributed by atoms with Crippen molar-refractivity contribution in [2.24, 2.45) is 0 Å². The summed E-state index contributed by atoms with van der Waals surface area (Å²) in [5.74, 6) is 0.0599. The normalized spacial score (nSPS) is 12.8. The van der Waals surface area contributed by atoms with Gasteiger partial charge < -0.3 is 15.0 Å². The third kappa shape index (κ3) is 7.60. The van der Waals surface area contributed by atoms with Gasteiger partial charge >= 0.3 is 0 Å². The standard InChI is InChI=1S/C37H36BrN3O5S/c1-47(44,45)41(24-25-9-3-2-4-10-25)35-21-27(15-18-32(35)38)36(42)23-39-37(43)29-12-6-5-11-26(29)19-20-46-28-16-17-31-30-13-7-8-14-33(30)40-34(31)22-28/h2-6,9-12,15-18,21-22,40H,7-8,13-14,19-20,23-24H2,1H3,(H,39,43). The minimum Gasteiger partial charge on any atom is -0.493 e. The molecule has 1 amide bonds. The lowest BCUT2D eigenvalue weighted by molar-refractivity contribution is 0.0903. The molecule has 0 unspecified atom stereocenters. The molecule has 1 aromatic heterocycles. The van der Waals surface area contributed by atoms with E-state index >= 15 is 0 Å². The Hall–Kier alpha value is -4.41. The first kappa shape index (κ1) is 32.5. The molecule has 5 aromatic rings. The van der Waals surface area contributed by atoms with Crippen LogP contribution < -0.4 is 14.4 Å². The van der Waals surface area contributed by atoms with Crippen molar-refractivity contribution in [3.8, 4) is 5.75 Å². The molecule has 8 nitrogen and oxygen atoms in total. The van der Waals surface area contributed by atoms with Crippen LogP contribution in [0.5, 0.6) is 5.75 Å². The Balaban J connectivity index is 1.09. The summed E-state index contributed by atoms with van der Waals surface area (Å²) in [7, 11) is -3.67. The molecule has 242 valence electrons. The van der Waals surface area contributed by atoms with Crippen LogP contribution in [0.15, 0.2) is 95.5 Å². The second-order valence-corrected chi connectivity index (χ2v) is 14.5. The van der Waals surface area contributed by atoms with Gasteiger partial charge in [0.15, 0.2) is 5.78 Å². The van der Waals surface area contributed by atoms with Gasteiger partial charge in [-0.15, -0.1) is 0 Å². The predicted octanol–water partition coefficient (Wildman–Crippen LogP) is 7.01. The highest BCUT2D eigenvalue weighted by atomic mass is 79.9. The summed E-state index contributed by atoms with van der Waals surface area (Å²) in [5, 5.41) is 4.01. The lowest BCUT2D eigenvalue weighted by Crippen LogP contribution is -2.31. The van der Waals surface area contributed by atoms with Gasteiger partial charge in [-0.25, -0.2) is 8.42 Å². The monoisotopic (exact) mass is 713 g/mol. The topological polar surface area (TPSA) is 109 Å². The summed E-state index contributed by atoms with van der Waals surface area (Å²) >= 11 is 3.45. The van der Waals surface area contributed by atoms with E-state index in [0.29, 0.717) is 28.8 Å². The largest absolute Gasteiger partial charge is 0.493 e. The quantitative estimate of drug-likeness (QED) is 0.135. The second-order valence-electron chi connectivity index (χ2n) is 11.8. The van der Waals surface area contributed by atoms with Crippen molar-refractivity contribution in [1.29, 1.82) is 0 Å². The average Bonchev–Trinajstić information content (AvgIpc) is 3.44. The SMILES string of the molecule is CS(=O)(=O)N(Cc1ccccc1)c1cc(C(=O)CNC(=O)c2ccccc2CCOc2ccc3c4c([nH]c3c2)CCCC4)ccc1Br. The van der Waals surface area contributed by atoms with Crippen LogP contribution in [-0.4, -0.2) is 44.5 Å². The van der Waals surface area contributed by atoms with Gasteiger partial charge in [0.1, 0.15) is 5.75 Å². The first-order chi connectivity index (χ1) is 22.7. The van der Waals surface area contributed by atoms with Gasteiger partial charge in [0.2, 0.25) is 10.0 Å². The number of fused-ring (bicyclic) bond motifs is 3. The molecule has 0 atom stereocenters. The number of ketones is 1. The van der Waals surface area contributed by atoms with Crippen LogP contribution in [0.25, 0.3) is 10.9 Å². The Kier molecular flexibility index (Phi) is 9.79. The maximum absolute atomic E-state index is 13.2. The van der Waals surface area contributed by atoms with Gasteiger partial charge in [-0.1, -0.05) is 54.6 Å². The summed E-state index contributed by atoms with van der Waals surface area (Å²) in [6, 6.07) is 27.5. The smallest absolute Gasteiger partial charge is 0.251 e. The van der Waals surface area contributed by atoms with Crippen LogP contribution in [0.4, 0.5) is 5.69 Å². The molecule has 47 heavy (non-hydrogen) atoms. The molecule has 0 aliphatic heterocycles. The van der Waals surface area contributed by atoms with E-state index in [1.54, 1.807) is 24.3 Å². The van der Waals surface area contributed by atoms with Gasteiger partial charge in [-0.05, 0) is 88.6 Å². The van der Waals surface area contributed by atoms with Crippen LogP contribution in [0, 0.1) is 0 Å². The Morgan fingerprint density at radius 2 is 1.70 bits per heavy atom. The number of Topliss-reactive ketones (excluding diaryl/α,β-unsaturated/α-hetero) is 1. The van der Waals surface area contributed by atoms with Crippen LogP contribution >= 0.6 is 15.9 Å². The number of rotatable bonds is 12. The van der Waals surface area contributed by atoms with E-state index in [1.807, 2.05) is 54.6 Å². The molecular weight excluding hydrogens is 678 g/mol.